The quantitative estimate of drug-likeness (QED) is 0.782. The molecule has 1 N–H and O–H groups in total. The second-order valence-corrected chi connectivity index (χ2v) is 5.90. The Labute approximate surface area is 96.0 Å². The summed E-state index contributed by atoms with van der Waals surface area (Å²) in [5, 5.41) is 3.11. The Morgan fingerprint density at radius 1 is 1.60 bits per heavy atom. The first-order chi connectivity index (χ1) is 7.21. The van der Waals surface area contributed by atoms with E-state index in [1.165, 1.54) is 12.8 Å². The number of piperidine rings is 1. The van der Waals surface area contributed by atoms with Crippen LogP contribution in [0.3, 0.4) is 0 Å². The second-order valence-electron chi connectivity index (χ2n) is 4.63. The van der Waals surface area contributed by atoms with Gasteiger partial charge in [0, 0.05) is 17.8 Å². The first-order valence-corrected chi connectivity index (χ1v) is 6.94. The number of nitrogens with one attached hydrogen (secondary N) is 1. The fourth-order valence-corrected chi connectivity index (χ4v) is 3.07. The zero-order chi connectivity index (χ0) is 10.9. The highest BCUT2D eigenvalue weighted by Crippen LogP contribution is 2.47. The molecule has 4 heteroatoms. The Kier molecular flexibility index (Phi) is 3.26. The normalized spacial score (nSPS) is 29.3. The minimum Gasteiger partial charge on any atom is -0.340 e. The van der Waals surface area contributed by atoms with Crippen molar-refractivity contribution in [3.8, 4) is 0 Å². The topological polar surface area (TPSA) is 32.3 Å². The highest BCUT2D eigenvalue weighted by Gasteiger charge is 2.45. The molecule has 0 radical (unpaired) electrons. The number of amides is 1. The Balaban J connectivity index is 1.94. The molecule has 0 aromatic rings. The van der Waals surface area contributed by atoms with Gasteiger partial charge in [0.2, 0.25) is 5.91 Å². The lowest BCUT2D eigenvalue weighted by atomic mass is 10.0. The van der Waals surface area contributed by atoms with Crippen LogP contribution in [-0.2, 0) is 4.79 Å². The van der Waals surface area contributed by atoms with E-state index < -0.39 is 0 Å². The van der Waals surface area contributed by atoms with Gasteiger partial charge in [-0.05, 0) is 39.0 Å². The van der Waals surface area contributed by atoms with Gasteiger partial charge in [-0.2, -0.15) is 11.8 Å². The largest absolute Gasteiger partial charge is 0.340 e. The van der Waals surface area contributed by atoms with Gasteiger partial charge in [-0.1, -0.05) is 0 Å². The molecule has 1 atom stereocenters. The van der Waals surface area contributed by atoms with Crippen molar-refractivity contribution in [2.24, 2.45) is 0 Å². The first kappa shape index (κ1) is 11.3. The summed E-state index contributed by atoms with van der Waals surface area (Å²) >= 11 is 1.93. The van der Waals surface area contributed by atoms with E-state index in [0.717, 1.165) is 25.9 Å². The fraction of sp³-hybridized carbons (Fsp3) is 0.909. The van der Waals surface area contributed by atoms with Gasteiger partial charge in [-0.25, -0.2) is 0 Å². The van der Waals surface area contributed by atoms with Gasteiger partial charge in [-0.15, -0.1) is 0 Å². The van der Waals surface area contributed by atoms with Crippen LogP contribution < -0.4 is 5.32 Å². The minimum absolute atomic E-state index is 0.0661. The first-order valence-electron chi connectivity index (χ1n) is 5.72. The Hall–Kier alpha value is -0.220. The third-order valence-electron chi connectivity index (χ3n) is 3.60. The van der Waals surface area contributed by atoms with E-state index in [1.54, 1.807) is 0 Å². The van der Waals surface area contributed by atoms with Crippen LogP contribution in [0.2, 0.25) is 0 Å². The molecule has 0 aromatic carbocycles. The maximum absolute atomic E-state index is 12.0. The zero-order valence-corrected chi connectivity index (χ0v) is 10.4. The summed E-state index contributed by atoms with van der Waals surface area (Å²) in [6.07, 6.45) is 6.86. The van der Waals surface area contributed by atoms with Crippen LogP contribution in [0.5, 0.6) is 0 Å². The van der Waals surface area contributed by atoms with Gasteiger partial charge < -0.3 is 10.2 Å². The highest BCUT2D eigenvalue weighted by molar-refractivity contribution is 8.00. The summed E-state index contributed by atoms with van der Waals surface area (Å²) in [7, 11) is 1.88. The van der Waals surface area contributed by atoms with E-state index in [-0.39, 0.29) is 6.04 Å². The Morgan fingerprint density at radius 2 is 2.33 bits per heavy atom. The maximum Gasteiger partial charge on any atom is 0.239 e. The predicted octanol–water partition coefficient (Wildman–Crippen LogP) is 1.09. The Bertz CT molecular complexity index is 253. The summed E-state index contributed by atoms with van der Waals surface area (Å²) in [6.45, 7) is 1.92. The number of carbonyl (C=O) groups is 1. The van der Waals surface area contributed by atoms with Gasteiger partial charge in [-0.3, -0.25) is 4.79 Å². The van der Waals surface area contributed by atoms with Crippen molar-refractivity contribution in [3.05, 3.63) is 0 Å². The number of carbonyl (C=O) groups excluding carboxylic acids is 1. The van der Waals surface area contributed by atoms with E-state index in [9.17, 15) is 4.79 Å². The molecule has 0 bridgehead atoms. The monoisotopic (exact) mass is 228 g/mol. The molecule has 1 amide bonds. The van der Waals surface area contributed by atoms with E-state index >= 15 is 0 Å². The van der Waals surface area contributed by atoms with Crippen LogP contribution in [0.4, 0.5) is 0 Å². The number of hydrogen-bond acceptors (Lipinski definition) is 3. The molecule has 2 rings (SSSR count). The standard InChI is InChI=1S/C11H20N2OS/c1-12-9-4-3-7-13(10(9)14)8-11(15-2)5-6-11/h9,12H,3-8H2,1-2H3. The molecule has 1 aliphatic heterocycles. The van der Waals surface area contributed by atoms with Gasteiger partial charge in [0.05, 0.1) is 6.04 Å². The maximum atomic E-state index is 12.0. The average Bonchev–Trinajstić information content (AvgIpc) is 3.02. The SMILES string of the molecule is CNC1CCCN(CC2(SC)CC2)C1=O. The number of thioether (sulfide) groups is 1. The van der Waals surface area contributed by atoms with Crippen LogP contribution in [0.1, 0.15) is 25.7 Å². The van der Waals surface area contributed by atoms with Crippen molar-refractivity contribution in [3.63, 3.8) is 0 Å². The van der Waals surface area contributed by atoms with Gasteiger partial charge in [0.1, 0.15) is 0 Å². The van der Waals surface area contributed by atoms with Crippen molar-refractivity contribution < 1.29 is 4.79 Å². The van der Waals surface area contributed by atoms with Crippen molar-refractivity contribution in [1.82, 2.24) is 10.2 Å². The summed E-state index contributed by atoms with van der Waals surface area (Å²) in [5.41, 5.74) is 0. The predicted molar refractivity (Wildman–Crippen MR) is 64.1 cm³/mol. The van der Waals surface area contributed by atoms with Gasteiger partial charge >= 0.3 is 0 Å². The molecule has 2 fully saturated rings. The van der Waals surface area contributed by atoms with Crippen LogP contribution >= 0.6 is 11.8 Å². The van der Waals surface area contributed by atoms with Crippen molar-refractivity contribution >= 4 is 17.7 Å². The molecule has 0 aromatic heterocycles. The summed E-state index contributed by atoms with van der Waals surface area (Å²) < 4.78 is 0.408. The minimum atomic E-state index is 0.0661. The van der Waals surface area contributed by atoms with Crippen molar-refractivity contribution in [2.45, 2.75) is 36.5 Å². The molecule has 86 valence electrons. The van der Waals surface area contributed by atoms with Crippen LogP contribution in [0, 0.1) is 0 Å². The van der Waals surface area contributed by atoms with E-state index in [4.69, 9.17) is 0 Å². The summed E-state index contributed by atoms with van der Waals surface area (Å²) in [4.78, 5) is 14.1. The van der Waals surface area contributed by atoms with E-state index in [0.29, 0.717) is 10.7 Å². The molecular weight excluding hydrogens is 208 g/mol. The smallest absolute Gasteiger partial charge is 0.239 e. The summed E-state index contributed by atoms with van der Waals surface area (Å²) in [5.74, 6) is 0.309. The van der Waals surface area contributed by atoms with E-state index in [2.05, 4.69) is 16.5 Å². The average molecular weight is 228 g/mol. The third kappa shape index (κ3) is 2.31. The lowest BCUT2D eigenvalue weighted by Gasteiger charge is -2.34. The van der Waals surface area contributed by atoms with Crippen molar-refractivity contribution in [2.75, 3.05) is 26.4 Å². The molecule has 2 aliphatic rings. The molecule has 15 heavy (non-hydrogen) atoms. The van der Waals surface area contributed by atoms with Gasteiger partial charge in [0.25, 0.3) is 0 Å². The van der Waals surface area contributed by atoms with E-state index in [1.807, 2.05) is 18.8 Å². The molecule has 1 saturated heterocycles. The highest BCUT2D eigenvalue weighted by atomic mass is 32.2. The van der Waals surface area contributed by atoms with Gasteiger partial charge in [0.15, 0.2) is 0 Å². The number of likely N-dealkylation sites (N-methyl/N-ethyl adjacent to an activating group) is 1. The van der Waals surface area contributed by atoms with Crippen LogP contribution in [-0.4, -0.2) is 48.0 Å². The number of rotatable bonds is 4. The van der Waals surface area contributed by atoms with Crippen molar-refractivity contribution in [1.29, 1.82) is 0 Å². The molecule has 3 nitrogen and oxygen atoms in total. The lowest BCUT2D eigenvalue weighted by Crippen LogP contribution is -2.51. The summed E-state index contributed by atoms with van der Waals surface area (Å²) in [6, 6.07) is 0.0661. The molecule has 1 heterocycles. The second kappa shape index (κ2) is 4.34. The number of nitrogens with zero attached hydrogens (tertiary/aromatic N) is 1. The molecule has 1 unspecified atom stereocenters. The number of likely N-dealkylation sites (tertiary alicyclic amines) is 1. The third-order valence-corrected chi connectivity index (χ3v) is 5.00. The van der Waals surface area contributed by atoms with Crippen LogP contribution in [0.25, 0.3) is 0 Å². The molecule has 1 aliphatic carbocycles. The van der Waals surface area contributed by atoms with Crippen LogP contribution in [0.15, 0.2) is 0 Å². The lowest BCUT2D eigenvalue weighted by molar-refractivity contribution is -0.135. The molecule has 0 spiro atoms. The fourth-order valence-electron chi connectivity index (χ4n) is 2.28. The number of hydrogen-bond donors (Lipinski definition) is 1. The molecular formula is C11H20N2OS. The molecule has 1 saturated carbocycles. The zero-order valence-electron chi connectivity index (χ0n) is 9.58. The Morgan fingerprint density at radius 3 is 2.87 bits per heavy atom.